The number of amides is 1. The molecule has 146 valence electrons. The van der Waals surface area contributed by atoms with Crippen LogP contribution in [-0.4, -0.2) is 42.6 Å². The van der Waals surface area contributed by atoms with Gasteiger partial charge < -0.3 is 4.90 Å². The molecular weight excluding hydrogens is 388 g/mol. The first-order chi connectivity index (χ1) is 14.1. The number of nitrogens with zero attached hydrogens (tertiary/aromatic N) is 6. The van der Waals surface area contributed by atoms with Gasteiger partial charge in [-0.1, -0.05) is 41.1 Å². The van der Waals surface area contributed by atoms with Gasteiger partial charge in [-0.15, -0.1) is 5.10 Å². The number of carbonyl (C=O) groups is 1. The lowest BCUT2D eigenvalue weighted by atomic mass is 10.2. The van der Waals surface area contributed by atoms with E-state index in [9.17, 15) is 4.79 Å². The van der Waals surface area contributed by atoms with Crippen molar-refractivity contribution in [2.45, 2.75) is 13.1 Å². The van der Waals surface area contributed by atoms with Gasteiger partial charge in [0.05, 0.1) is 18.4 Å². The molecule has 8 heteroatoms. The van der Waals surface area contributed by atoms with Crippen molar-refractivity contribution in [1.82, 2.24) is 29.7 Å². The lowest BCUT2D eigenvalue weighted by molar-refractivity contribution is 0.0779. The third kappa shape index (κ3) is 4.52. The minimum atomic E-state index is -0.182. The Bertz CT molecular complexity index is 1100. The molecule has 0 atom stereocenters. The van der Waals surface area contributed by atoms with Gasteiger partial charge in [-0.3, -0.25) is 4.79 Å². The number of rotatable bonds is 6. The molecule has 0 aliphatic rings. The van der Waals surface area contributed by atoms with Crippen molar-refractivity contribution in [2.75, 3.05) is 7.05 Å². The maximum atomic E-state index is 12.7. The minimum Gasteiger partial charge on any atom is -0.336 e. The summed E-state index contributed by atoms with van der Waals surface area (Å²) in [6.07, 6.45) is 5.28. The zero-order valence-electron chi connectivity index (χ0n) is 15.8. The van der Waals surface area contributed by atoms with Crippen LogP contribution in [0.1, 0.15) is 21.6 Å². The van der Waals surface area contributed by atoms with Crippen LogP contribution in [-0.2, 0) is 13.1 Å². The average Bonchev–Trinajstić information content (AvgIpc) is 3.40. The standard InChI is InChI=1S/C21H19ClN6O/c1-26(13-16-6-8-19(9-7-16)28-11-3-10-23-28)21(29)20-15-27(25-24-20)14-17-4-2-5-18(22)12-17/h2-12,15H,13-14H2,1H3. The van der Waals surface area contributed by atoms with Crippen LogP contribution in [0.15, 0.2) is 73.2 Å². The summed E-state index contributed by atoms with van der Waals surface area (Å²) >= 11 is 6.01. The van der Waals surface area contributed by atoms with E-state index in [0.717, 1.165) is 16.8 Å². The molecule has 0 aliphatic heterocycles. The summed E-state index contributed by atoms with van der Waals surface area (Å²) < 4.78 is 3.42. The van der Waals surface area contributed by atoms with E-state index >= 15 is 0 Å². The highest BCUT2D eigenvalue weighted by Crippen LogP contribution is 2.13. The smallest absolute Gasteiger partial charge is 0.276 e. The maximum Gasteiger partial charge on any atom is 0.276 e. The molecule has 0 aliphatic carbocycles. The lowest BCUT2D eigenvalue weighted by Gasteiger charge is -2.16. The molecule has 0 saturated heterocycles. The van der Waals surface area contributed by atoms with Gasteiger partial charge in [-0.05, 0) is 41.5 Å². The van der Waals surface area contributed by atoms with Crippen molar-refractivity contribution >= 4 is 17.5 Å². The Morgan fingerprint density at radius 3 is 2.66 bits per heavy atom. The van der Waals surface area contributed by atoms with E-state index in [1.165, 1.54) is 0 Å². The molecule has 4 aromatic rings. The normalized spacial score (nSPS) is 10.8. The largest absolute Gasteiger partial charge is 0.336 e. The summed E-state index contributed by atoms with van der Waals surface area (Å²) in [6.45, 7) is 0.971. The molecule has 2 aromatic carbocycles. The molecule has 1 amide bonds. The van der Waals surface area contributed by atoms with Crippen LogP contribution in [0.2, 0.25) is 5.02 Å². The van der Waals surface area contributed by atoms with E-state index in [0.29, 0.717) is 23.8 Å². The molecule has 0 unspecified atom stereocenters. The number of hydrogen-bond donors (Lipinski definition) is 0. The molecule has 0 spiro atoms. The molecule has 0 saturated carbocycles. The topological polar surface area (TPSA) is 68.8 Å². The van der Waals surface area contributed by atoms with Crippen LogP contribution in [0.25, 0.3) is 5.69 Å². The van der Waals surface area contributed by atoms with Gasteiger partial charge in [0.2, 0.25) is 0 Å². The third-order valence-electron chi connectivity index (χ3n) is 4.46. The molecule has 2 heterocycles. The second kappa shape index (κ2) is 8.28. The highest BCUT2D eigenvalue weighted by atomic mass is 35.5. The highest BCUT2D eigenvalue weighted by Gasteiger charge is 2.16. The number of halogens is 1. The van der Waals surface area contributed by atoms with Crippen molar-refractivity contribution in [3.63, 3.8) is 0 Å². The number of benzene rings is 2. The van der Waals surface area contributed by atoms with E-state index < -0.39 is 0 Å². The quantitative estimate of drug-likeness (QED) is 0.492. The molecule has 2 aromatic heterocycles. The monoisotopic (exact) mass is 406 g/mol. The van der Waals surface area contributed by atoms with Crippen molar-refractivity contribution in [3.05, 3.63) is 95.0 Å². The van der Waals surface area contributed by atoms with Gasteiger partial charge in [0.1, 0.15) is 0 Å². The van der Waals surface area contributed by atoms with Crippen molar-refractivity contribution in [2.24, 2.45) is 0 Å². The van der Waals surface area contributed by atoms with Gasteiger partial charge in [0, 0.05) is 31.0 Å². The molecule has 7 nitrogen and oxygen atoms in total. The zero-order valence-corrected chi connectivity index (χ0v) is 16.6. The van der Waals surface area contributed by atoms with E-state index in [2.05, 4.69) is 15.4 Å². The minimum absolute atomic E-state index is 0.182. The van der Waals surface area contributed by atoms with Crippen LogP contribution >= 0.6 is 11.6 Å². The molecule has 0 radical (unpaired) electrons. The predicted octanol–water partition coefficient (Wildman–Crippen LogP) is 3.44. The van der Waals surface area contributed by atoms with Crippen LogP contribution < -0.4 is 0 Å². The van der Waals surface area contributed by atoms with Crippen LogP contribution in [0.3, 0.4) is 0 Å². The lowest BCUT2D eigenvalue weighted by Crippen LogP contribution is -2.26. The second-order valence-electron chi connectivity index (χ2n) is 6.71. The number of carbonyl (C=O) groups excluding carboxylic acids is 1. The van der Waals surface area contributed by atoms with Crippen LogP contribution in [0, 0.1) is 0 Å². The first-order valence-electron chi connectivity index (χ1n) is 9.07. The summed E-state index contributed by atoms with van der Waals surface area (Å²) in [5.74, 6) is -0.182. The van der Waals surface area contributed by atoms with Crippen molar-refractivity contribution in [3.8, 4) is 5.69 Å². The van der Waals surface area contributed by atoms with Gasteiger partial charge in [0.25, 0.3) is 5.91 Å². The maximum absolute atomic E-state index is 12.7. The highest BCUT2D eigenvalue weighted by molar-refractivity contribution is 6.30. The Balaban J connectivity index is 1.39. The van der Waals surface area contributed by atoms with E-state index in [4.69, 9.17) is 11.6 Å². The van der Waals surface area contributed by atoms with Gasteiger partial charge in [0.15, 0.2) is 5.69 Å². The van der Waals surface area contributed by atoms with E-state index in [1.54, 1.807) is 33.7 Å². The van der Waals surface area contributed by atoms with Crippen molar-refractivity contribution < 1.29 is 4.79 Å². The fraction of sp³-hybridized carbons (Fsp3) is 0.143. The van der Waals surface area contributed by atoms with E-state index in [1.807, 2.05) is 60.8 Å². The van der Waals surface area contributed by atoms with Gasteiger partial charge >= 0.3 is 0 Å². The van der Waals surface area contributed by atoms with Crippen LogP contribution in [0.5, 0.6) is 0 Å². The Kier molecular flexibility index (Phi) is 5.39. The first kappa shape index (κ1) is 18.9. The Labute approximate surface area is 173 Å². The Morgan fingerprint density at radius 1 is 1.10 bits per heavy atom. The molecule has 4 rings (SSSR count). The zero-order chi connectivity index (χ0) is 20.2. The summed E-state index contributed by atoms with van der Waals surface area (Å²) in [6, 6.07) is 17.3. The Hall–Kier alpha value is -3.45. The molecule has 0 fully saturated rings. The summed E-state index contributed by atoms with van der Waals surface area (Å²) in [7, 11) is 1.75. The second-order valence-corrected chi connectivity index (χ2v) is 7.15. The summed E-state index contributed by atoms with van der Waals surface area (Å²) in [5.41, 5.74) is 3.29. The molecule has 0 bridgehead atoms. The van der Waals surface area contributed by atoms with Crippen LogP contribution in [0.4, 0.5) is 0 Å². The average molecular weight is 407 g/mol. The predicted molar refractivity (Wildman–Crippen MR) is 110 cm³/mol. The van der Waals surface area contributed by atoms with Crippen molar-refractivity contribution in [1.29, 1.82) is 0 Å². The summed E-state index contributed by atoms with van der Waals surface area (Å²) in [4.78, 5) is 14.3. The number of aromatic nitrogens is 5. The molecule has 0 N–H and O–H groups in total. The molecule has 29 heavy (non-hydrogen) atoms. The summed E-state index contributed by atoms with van der Waals surface area (Å²) in [5, 5.41) is 13.0. The van der Waals surface area contributed by atoms with Gasteiger partial charge in [-0.2, -0.15) is 5.10 Å². The number of hydrogen-bond acceptors (Lipinski definition) is 4. The molecular formula is C21H19ClN6O. The Morgan fingerprint density at radius 2 is 1.93 bits per heavy atom. The fourth-order valence-corrected chi connectivity index (χ4v) is 3.23. The van der Waals surface area contributed by atoms with Gasteiger partial charge in [-0.25, -0.2) is 9.36 Å². The SMILES string of the molecule is CN(Cc1ccc(-n2cccn2)cc1)C(=O)c1cn(Cc2cccc(Cl)c2)nn1. The first-order valence-corrected chi connectivity index (χ1v) is 9.45. The third-order valence-corrected chi connectivity index (χ3v) is 4.70. The van der Waals surface area contributed by atoms with E-state index in [-0.39, 0.29) is 5.91 Å². The fourth-order valence-electron chi connectivity index (χ4n) is 3.01.